The van der Waals surface area contributed by atoms with Gasteiger partial charge >= 0.3 is 0 Å². The van der Waals surface area contributed by atoms with Crippen molar-refractivity contribution in [2.24, 2.45) is 0 Å². The molecule has 0 aromatic carbocycles. The first kappa shape index (κ1) is 8.91. The Labute approximate surface area is 55.8 Å². The average molecular weight is 152 g/mol. The van der Waals surface area contributed by atoms with Gasteiger partial charge in [0, 0.05) is 0 Å². The van der Waals surface area contributed by atoms with Crippen molar-refractivity contribution in [2.75, 3.05) is 0 Å². The van der Waals surface area contributed by atoms with Crippen molar-refractivity contribution in [3.63, 3.8) is 0 Å². The highest BCUT2D eigenvalue weighted by Gasteiger charge is 2.29. The molecule has 0 aliphatic carbocycles. The van der Waals surface area contributed by atoms with Gasteiger partial charge < -0.3 is 0 Å². The van der Waals surface area contributed by atoms with Gasteiger partial charge in [0.25, 0.3) is 10.1 Å². The first-order chi connectivity index (χ1) is 3.81. The molecular formula is C5H12O3S. The highest BCUT2D eigenvalue weighted by Crippen LogP contribution is 2.17. The molecule has 0 unspecified atom stereocenters. The van der Waals surface area contributed by atoms with Gasteiger partial charge in [0.05, 0.1) is 4.75 Å². The molecule has 56 valence electrons. The van der Waals surface area contributed by atoms with E-state index in [1.54, 1.807) is 6.92 Å². The quantitative estimate of drug-likeness (QED) is 0.602. The Kier molecular flexibility index (Phi) is 2.24. The largest absolute Gasteiger partial charge is 0.285 e. The van der Waals surface area contributed by atoms with Gasteiger partial charge in [-0.3, -0.25) is 4.55 Å². The van der Waals surface area contributed by atoms with Crippen molar-refractivity contribution in [3.8, 4) is 0 Å². The summed E-state index contributed by atoms with van der Waals surface area (Å²) in [6.45, 7) is 4.69. The summed E-state index contributed by atoms with van der Waals surface area (Å²) in [6.07, 6.45) is 0.422. The van der Waals surface area contributed by atoms with E-state index in [0.717, 1.165) is 0 Å². The summed E-state index contributed by atoms with van der Waals surface area (Å²) >= 11 is 0. The molecule has 0 aromatic rings. The van der Waals surface area contributed by atoms with Gasteiger partial charge in [0.2, 0.25) is 0 Å². The Morgan fingerprint density at radius 3 is 1.78 bits per heavy atom. The van der Waals surface area contributed by atoms with Gasteiger partial charge in [0.15, 0.2) is 0 Å². The first-order valence-corrected chi connectivity index (χ1v) is 4.22. The Morgan fingerprint density at radius 2 is 1.78 bits per heavy atom. The van der Waals surface area contributed by atoms with Crippen LogP contribution in [0.25, 0.3) is 0 Å². The fraction of sp³-hybridized carbons (Fsp3) is 1.00. The topological polar surface area (TPSA) is 54.4 Å². The van der Waals surface area contributed by atoms with Gasteiger partial charge in [-0.05, 0) is 20.3 Å². The molecule has 0 saturated heterocycles. The van der Waals surface area contributed by atoms with Crippen LogP contribution >= 0.6 is 0 Å². The van der Waals surface area contributed by atoms with Crippen LogP contribution in [0.4, 0.5) is 0 Å². The standard InChI is InChI=1S/C5H12O3S/c1-4-5(2,3)9(6,7)8/h4H2,1-3H3,(H,6,7,8). The summed E-state index contributed by atoms with van der Waals surface area (Å²) in [6, 6.07) is 0. The zero-order chi connectivity index (χ0) is 7.71. The highest BCUT2D eigenvalue weighted by molar-refractivity contribution is 7.87. The minimum atomic E-state index is -3.85. The molecule has 0 radical (unpaired) electrons. The van der Waals surface area contributed by atoms with Crippen molar-refractivity contribution >= 4 is 10.1 Å². The lowest BCUT2D eigenvalue weighted by Crippen LogP contribution is -2.29. The van der Waals surface area contributed by atoms with Crippen LogP contribution < -0.4 is 0 Å². The predicted octanol–water partition coefficient (Wildman–Crippen LogP) is 1.06. The van der Waals surface area contributed by atoms with Gasteiger partial charge in [-0.2, -0.15) is 8.42 Å². The second kappa shape index (κ2) is 2.27. The van der Waals surface area contributed by atoms with Crippen LogP contribution in [0.1, 0.15) is 27.2 Å². The van der Waals surface area contributed by atoms with Crippen molar-refractivity contribution < 1.29 is 13.0 Å². The average Bonchev–Trinajstić information content (AvgIpc) is 1.64. The molecule has 4 heteroatoms. The highest BCUT2D eigenvalue weighted by atomic mass is 32.2. The van der Waals surface area contributed by atoms with Gasteiger partial charge in [-0.1, -0.05) is 6.92 Å². The van der Waals surface area contributed by atoms with Crippen LogP contribution in [0.2, 0.25) is 0 Å². The van der Waals surface area contributed by atoms with Gasteiger partial charge in [-0.15, -0.1) is 0 Å². The number of rotatable bonds is 2. The Morgan fingerprint density at radius 1 is 1.44 bits per heavy atom. The van der Waals surface area contributed by atoms with E-state index in [1.807, 2.05) is 0 Å². The summed E-state index contributed by atoms with van der Waals surface area (Å²) in [5, 5.41) is 0. The molecule has 0 aliphatic heterocycles. The van der Waals surface area contributed by atoms with Gasteiger partial charge in [0.1, 0.15) is 0 Å². The van der Waals surface area contributed by atoms with E-state index in [9.17, 15) is 8.42 Å². The number of hydrogen-bond donors (Lipinski definition) is 1. The summed E-state index contributed by atoms with van der Waals surface area (Å²) < 4.78 is 28.4. The van der Waals surface area contributed by atoms with E-state index < -0.39 is 14.9 Å². The SMILES string of the molecule is CCC(C)(C)S(=O)(=O)O. The van der Waals surface area contributed by atoms with Crippen LogP contribution in [0.15, 0.2) is 0 Å². The zero-order valence-electron chi connectivity index (χ0n) is 5.88. The molecule has 0 fully saturated rings. The maximum absolute atomic E-state index is 10.4. The monoisotopic (exact) mass is 152 g/mol. The van der Waals surface area contributed by atoms with Crippen molar-refractivity contribution in [1.82, 2.24) is 0 Å². The maximum Gasteiger partial charge on any atom is 0.270 e. The fourth-order valence-corrected chi connectivity index (χ4v) is 0.547. The van der Waals surface area contributed by atoms with E-state index in [1.165, 1.54) is 13.8 Å². The molecule has 1 N–H and O–H groups in total. The lowest BCUT2D eigenvalue weighted by Gasteiger charge is -2.17. The fourth-order valence-electron chi connectivity index (χ4n) is 0.182. The molecule has 0 rings (SSSR count). The van der Waals surface area contributed by atoms with Crippen molar-refractivity contribution in [2.45, 2.75) is 31.9 Å². The Balaban J connectivity index is 4.56. The van der Waals surface area contributed by atoms with E-state index >= 15 is 0 Å². The van der Waals surface area contributed by atoms with E-state index in [2.05, 4.69) is 0 Å². The Bertz CT molecular complexity index is 178. The lowest BCUT2D eigenvalue weighted by atomic mass is 10.1. The third-order valence-corrected chi connectivity index (χ3v) is 3.24. The van der Waals surface area contributed by atoms with Gasteiger partial charge in [-0.25, -0.2) is 0 Å². The van der Waals surface area contributed by atoms with E-state index in [4.69, 9.17) is 4.55 Å². The van der Waals surface area contributed by atoms with Crippen molar-refractivity contribution in [3.05, 3.63) is 0 Å². The summed E-state index contributed by atoms with van der Waals surface area (Å²) in [5.74, 6) is 0. The van der Waals surface area contributed by atoms with Crippen LogP contribution in [0.5, 0.6) is 0 Å². The minimum Gasteiger partial charge on any atom is -0.285 e. The maximum atomic E-state index is 10.4. The zero-order valence-corrected chi connectivity index (χ0v) is 6.70. The molecular weight excluding hydrogens is 140 g/mol. The van der Waals surface area contributed by atoms with Crippen LogP contribution in [-0.2, 0) is 10.1 Å². The second-order valence-corrected chi connectivity index (χ2v) is 4.64. The first-order valence-electron chi connectivity index (χ1n) is 2.78. The van der Waals surface area contributed by atoms with Crippen LogP contribution in [-0.4, -0.2) is 17.7 Å². The minimum absolute atomic E-state index is 0.422. The third-order valence-electron chi connectivity index (χ3n) is 1.55. The normalized spacial score (nSPS) is 13.8. The molecule has 0 bridgehead atoms. The Hall–Kier alpha value is -0.0900. The summed E-state index contributed by atoms with van der Waals surface area (Å²) in [7, 11) is -3.85. The lowest BCUT2D eigenvalue weighted by molar-refractivity contribution is 0.437. The van der Waals surface area contributed by atoms with E-state index in [0.29, 0.717) is 6.42 Å². The van der Waals surface area contributed by atoms with E-state index in [-0.39, 0.29) is 0 Å². The molecule has 0 spiro atoms. The molecule has 0 aromatic heterocycles. The predicted molar refractivity (Wildman–Crippen MR) is 35.9 cm³/mol. The number of hydrogen-bond acceptors (Lipinski definition) is 2. The smallest absolute Gasteiger partial charge is 0.270 e. The second-order valence-electron chi connectivity index (χ2n) is 2.59. The molecule has 0 atom stereocenters. The third kappa shape index (κ3) is 1.95. The molecule has 0 aliphatic rings. The molecule has 9 heavy (non-hydrogen) atoms. The summed E-state index contributed by atoms with van der Waals surface area (Å²) in [5.41, 5.74) is 0. The van der Waals surface area contributed by atoms with Crippen molar-refractivity contribution in [1.29, 1.82) is 0 Å². The van der Waals surface area contributed by atoms with Crippen LogP contribution in [0.3, 0.4) is 0 Å². The molecule has 0 amide bonds. The molecule has 3 nitrogen and oxygen atoms in total. The van der Waals surface area contributed by atoms with Crippen LogP contribution in [0, 0.1) is 0 Å². The molecule has 0 heterocycles. The molecule has 0 saturated carbocycles. The summed E-state index contributed by atoms with van der Waals surface area (Å²) in [4.78, 5) is 0.